The number of nitrogen functional groups attached to an aromatic ring is 1. The van der Waals surface area contributed by atoms with Crippen LogP contribution < -0.4 is 16.4 Å². The summed E-state index contributed by atoms with van der Waals surface area (Å²) in [5.74, 6) is 0.0465. The Bertz CT molecular complexity index is 614. The highest BCUT2D eigenvalue weighted by Gasteiger charge is 2.13. The molecule has 0 saturated heterocycles. The van der Waals surface area contributed by atoms with E-state index in [0.29, 0.717) is 18.2 Å². The Labute approximate surface area is 117 Å². The van der Waals surface area contributed by atoms with Crippen molar-refractivity contribution in [2.45, 2.75) is 13.5 Å². The van der Waals surface area contributed by atoms with Crippen molar-refractivity contribution >= 4 is 17.5 Å². The quantitative estimate of drug-likeness (QED) is 0.786. The summed E-state index contributed by atoms with van der Waals surface area (Å²) in [5.41, 5.74) is 13.5. The molecule has 2 rings (SSSR count). The lowest BCUT2D eigenvalue weighted by atomic mass is 10.2. The van der Waals surface area contributed by atoms with Crippen LogP contribution in [-0.4, -0.2) is 22.4 Å². The minimum absolute atomic E-state index is 0.0538. The summed E-state index contributed by atoms with van der Waals surface area (Å²) in [4.78, 5) is 21.5. The van der Waals surface area contributed by atoms with Crippen LogP contribution >= 0.6 is 0 Å². The van der Waals surface area contributed by atoms with Gasteiger partial charge < -0.3 is 16.4 Å². The Morgan fingerprint density at radius 1 is 1.35 bits per heavy atom. The van der Waals surface area contributed by atoms with E-state index in [0.717, 1.165) is 11.3 Å². The van der Waals surface area contributed by atoms with Crippen molar-refractivity contribution in [2.75, 3.05) is 17.2 Å². The Hall–Kier alpha value is -2.63. The van der Waals surface area contributed by atoms with Crippen molar-refractivity contribution in [1.82, 2.24) is 9.97 Å². The van der Waals surface area contributed by atoms with Crippen molar-refractivity contribution in [3.8, 4) is 0 Å². The lowest BCUT2D eigenvalue weighted by molar-refractivity contribution is -0.116. The van der Waals surface area contributed by atoms with Gasteiger partial charge in [0.1, 0.15) is 0 Å². The van der Waals surface area contributed by atoms with Gasteiger partial charge in [-0.2, -0.15) is 0 Å². The molecule has 0 unspecified atom stereocenters. The number of rotatable bonds is 5. The van der Waals surface area contributed by atoms with E-state index in [2.05, 4.69) is 9.97 Å². The van der Waals surface area contributed by atoms with Crippen LogP contribution in [0.4, 0.5) is 11.6 Å². The topological polar surface area (TPSA) is 98.1 Å². The molecule has 1 heterocycles. The zero-order chi connectivity index (χ0) is 14.5. The van der Waals surface area contributed by atoms with Gasteiger partial charge in [0.2, 0.25) is 11.9 Å². The number of aryl methyl sites for hydroxylation is 1. The molecular weight excluding hydrogens is 254 g/mol. The van der Waals surface area contributed by atoms with Crippen LogP contribution in [0.5, 0.6) is 0 Å². The molecule has 6 nitrogen and oxygen atoms in total. The number of nitrogens with zero attached hydrogens (tertiary/aromatic N) is 3. The lowest BCUT2D eigenvalue weighted by Crippen LogP contribution is -2.34. The number of nitrogens with two attached hydrogens (primary N) is 2. The summed E-state index contributed by atoms with van der Waals surface area (Å²) < 4.78 is 0. The zero-order valence-corrected chi connectivity index (χ0v) is 11.3. The summed E-state index contributed by atoms with van der Waals surface area (Å²) >= 11 is 0. The summed E-state index contributed by atoms with van der Waals surface area (Å²) in [7, 11) is 0. The van der Waals surface area contributed by atoms with Gasteiger partial charge in [-0.1, -0.05) is 12.1 Å². The third-order valence-corrected chi connectivity index (χ3v) is 2.74. The van der Waals surface area contributed by atoms with E-state index < -0.39 is 5.91 Å². The maximum Gasteiger partial charge on any atom is 0.237 e. The number of anilines is 2. The van der Waals surface area contributed by atoms with Gasteiger partial charge in [0.25, 0.3) is 0 Å². The van der Waals surface area contributed by atoms with Crippen molar-refractivity contribution in [3.63, 3.8) is 0 Å². The van der Waals surface area contributed by atoms with Gasteiger partial charge in [0.15, 0.2) is 0 Å². The highest BCUT2D eigenvalue weighted by Crippen LogP contribution is 2.14. The van der Waals surface area contributed by atoms with E-state index in [1.54, 1.807) is 17.2 Å². The molecular formula is C14H17N5O. The third-order valence-electron chi connectivity index (χ3n) is 2.74. The fraction of sp³-hybridized carbons (Fsp3) is 0.214. The van der Waals surface area contributed by atoms with Crippen molar-refractivity contribution in [3.05, 3.63) is 47.8 Å². The fourth-order valence-corrected chi connectivity index (χ4v) is 1.89. The first kappa shape index (κ1) is 13.8. The smallest absolute Gasteiger partial charge is 0.237 e. The van der Waals surface area contributed by atoms with Crippen molar-refractivity contribution in [2.24, 2.45) is 5.73 Å². The molecule has 0 aliphatic rings. The Kier molecular flexibility index (Phi) is 4.14. The van der Waals surface area contributed by atoms with Gasteiger partial charge >= 0.3 is 0 Å². The first-order chi connectivity index (χ1) is 9.54. The minimum Gasteiger partial charge on any atom is -0.399 e. The van der Waals surface area contributed by atoms with E-state index >= 15 is 0 Å². The van der Waals surface area contributed by atoms with Crippen LogP contribution in [0.15, 0.2) is 36.5 Å². The van der Waals surface area contributed by atoms with E-state index in [1.807, 2.05) is 31.2 Å². The number of hydrogen-bond acceptors (Lipinski definition) is 5. The fourth-order valence-electron chi connectivity index (χ4n) is 1.89. The second kappa shape index (κ2) is 6.01. The second-order valence-electron chi connectivity index (χ2n) is 4.57. The first-order valence-corrected chi connectivity index (χ1v) is 6.22. The summed E-state index contributed by atoms with van der Waals surface area (Å²) in [5, 5.41) is 0. The standard InChI is InChI=1S/C14H17N5O/c1-10-5-6-17-14(18-10)19(9-13(16)20)8-11-3-2-4-12(15)7-11/h2-7H,8-9,15H2,1H3,(H2,16,20). The van der Waals surface area contributed by atoms with Gasteiger partial charge in [0, 0.05) is 24.1 Å². The van der Waals surface area contributed by atoms with Crippen LogP contribution in [-0.2, 0) is 11.3 Å². The number of aromatic nitrogens is 2. The minimum atomic E-state index is -0.431. The molecule has 0 fully saturated rings. The van der Waals surface area contributed by atoms with Gasteiger partial charge in [-0.15, -0.1) is 0 Å². The summed E-state index contributed by atoms with van der Waals surface area (Å²) in [6.45, 7) is 2.39. The van der Waals surface area contributed by atoms with Gasteiger partial charge in [-0.3, -0.25) is 4.79 Å². The molecule has 6 heteroatoms. The SMILES string of the molecule is Cc1ccnc(N(CC(N)=O)Cc2cccc(N)c2)n1. The first-order valence-electron chi connectivity index (χ1n) is 6.22. The molecule has 1 amide bonds. The molecule has 4 N–H and O–H groups in total. The zero-order valence-electron chi connectivity index (χ0n) is 11.3. The average Bonchev–Trinajstić information content (AvgIpc) is 2.37. The molecule has 1 aromatic heterocycles. The molecule has 0 radical (unpaired) electrons. The van der Waals surface area contributed by atoms with Gasteiger partial charge in [-0.25, -0.2) is 9.97 Å². The van der Waals surface area contributed by atoms with E-state index in [9.17, 15) is 4.79 Å². The molecule has 0 spiro atoms. The number of benzene rings is 1. The molecule has 0 saturated carbocycles. The number of carbonyl (C=O) groups is 1. The van der Waals surface area contributed by atoms with E-state index in [1.165, 1.54) is 0 Å². The second-order valence-corrected chi connectivity index (χ2v) is 4.57. The number of amides is 1. The molecule has 2 aromatic rings. The Morgan fingerprint density at radius 3 is 2.80 bits per heavy atom. The van der Waals surface area contributed by atoms with Crippen molar-refractivity contribution in [1.29, 1.82) is 0 Å². The Balaban J connectivity index is 2.26. The molecule has 0 aliphatic carbocycles. The third kappa shape index (κ3) is 3.68. The van der Waals surface area contributed by atoms with Crippen LogP contribution in [0, 0.1) is 6.92 Å². The largest absolute Gasteiger partial charge is 0.399 e. The molecule has 1 aromatic carbocycles. The molecule has 104 valence electrons. The lowest BCUT2D eigenvalue weighted by Gasteiger charge is -2.21. The van der Waals surface area contributed by atoms with Crippen LogP contribution in [0.3, 0.4) is 0 Å². The highest BCUT2D eigenvalue weighted by atomic mass is 16.1. The van der Waals surface area contributed by atoms with Gasteiger partial charge in [-0.05, 0) is 30.7 Å². The van der Waals surface area contributed by atoms with Gasteiger partial charge in [0.05, 0.1) is 6.54 Å². The normalized spacial score (nSPS) is 10.2. The van der Waals surface area contributed by atoms with Crippen molar-refractivity contribution < 1.29 is 4.79 Å². The van der Waals surface area contributed by atoms with E-state index in [4.69, 9.17) is 11.5 Å². The highest BCUT2D eigenvalue weighted by molar-refractivity contribution is 5.78. The monoisotopic (exact) mass is 271 g/mol. The van der Waals surface area contributed by atoms with Crippen LogP contribution in [0.2, 0.25) is 0 Å². The van der Waals surface area contributed by atoms with Crippen LogP contribution in [0.1, 0.15) is 11.3 Å². The number of carbonyl (C=O) groups excluding carboxylic acids is 1. The predicted molar refractivity (Wildman–Crippen MR) is 77.9 cm³/mol. The van der Waals surface area contributed by atoms with Crippen LogP contribution in [0.25, 0.3) is 0 Å². The molecule has 0 aliphatic heterocycles. The summed E-state index contributed by atoms with van der Waals surface area (Å²) in [6, 6.07) is 9.26. The Morgan fingerprint density at radius 2 is 2.15 bits per heavy atom. The summed E-state index contributed by atoms with van der Waals surface area (Å²) in [6.07, 6.45) is 1.66. The predicted octanol–water partition coefficient (Wildman–Crippen LogP) is 0.859. The molecule has 0 atom stereocenters. The molecule has 20 heavy (non-hydrogen) atoms. The number of hydrogen-bond donors (Lipinski definition) is 2. The van der Waals surface area contributed by atoms with E-state index in [-0.39, 0.29) is 6.54 Å². The maximum absolute atomic E-state index is 11.2. The molecule has 0 bridgehead atoms. The maximum atomic E-state index is 11.2. The average molecular weight is 271 g/mol. The number of primary amides is 1.